The minimum Gasteiger partial charge on any atom is -0.345 e. The van der Waals surface area contributed by atoms with Crippen LogP contribution < -0.4 is 5.73 Å². The second-order valence-electron chi connectivity index (χ2n) is 4.26. The average Bonchev–Trinajstić information content (AvgIpc) is 2.57. The molecule has 0 fully saturated rings. The quantitative estimate of drug-likeness (QED) is 0.847. The summed E-state index contributed by atoms with van der Waals surface area (Å²) in [5.41, 5.74) is 7.63. The van der Waals surface area contributed by atoms with E-state index in [9.17, 15) is 4.39 Å². The van der Waals surface area contributed by atoms with Crippen LogP contribution in [0.25, 0.3) is 10.9 Å². The molecule has 2 nitrogen and oxygen atoms in total. The summed E-state index contributed by atoms with van der Waals surface area (Å²) in [7, 11) is 0. The summed E-state index contributed by atoms with van der Waals surface area (Å²) in [4.78, 5) is 0. The first-order valence-corrected chi connectivity index (χ1v) is 5.65. The van der Waals surface area contributed by atoms with E-state index in [0.717, 1.165) is 23.9 Å². The highest BCUT2D eigenvalue weighted by Gasteiger charge is 2.12. The molecule has 1 heterocycles. The van der Waals surface area contributed by atoms with Gasteiger partial charge in [0.1, 0.15) is 5.82 Å². The molecule has 2 rings (SSSR count). The maximum absolute atomic E-state index is 13.7. The zero-order chi connectivity index (χ0) is 11.7. The Morgan fingerprint density at radius 2 is 2.19 bits per heavy atom. The average molecular weight is 220 g/mol. The van der Waals surface area contributed by atoms with Crippen molar-refractivity contribution < 1.29 is 4.39 Å². The van der Waals surface area contributed by atoms with Gasteiger partial charge in [0.2, 0.25) is 0 Å². The van der Waals surface area contributed by atoms with Crippen LogP contribution in [0.1, 0.15) is 19.4 Å². The molecule has 0 amide bonds. The zero-order valence-corrected chi connectivity index (χ0v) is 9.70. The molecule has 0 spiro atoms. The van der Waals surface area contributed by atoms with Crippen LogP contribution >= 0.6 is 0 Å². The van der Waals surface area contributed by atoms with Crippen LogP contribution in [0, 0.1) is 5.82 Å². The van der Waals surface area contributed by atoms with E-state index in [4.69, 9.17) is 5.73 Å². The molecule has 1 aromatic heterocycles. The molecular formula is C13H17FN2. The van der Waals surface area contributed by atoms with Crippen LogP contribution in [-0.2, 0) is 13.0 Å². The van der Waals surface area contributed by atoms with Crippen LogP contribution in [-0.4, -0.2) is 10.6 Å². The lowest BCUT2D eigenvalue weighted by Crippen LogP contribution is -2.17. The largest absolute Gasteiger partial charge is 0.345 e. The van der Waals surface area contributed by atoms with Crippen LogP contribution in [0.5, 0.6) is 0 Å². The Morgan fingerprint density at radius 3 is 2.81 bits per heavy atom. The normalized spacial score (nSPS) is 13.2. The molecule has 0 bridgehead atoms. The van der Waals surface area contributed by atoms with Gasteiger partial charge in [0.25, 0.3) is 0 Å². The maximum Gasteiger partial charge on any atom is 0.147 e. The van der Waals surface area contributed by atoms with E-state index in [-0.39, 0.29) is 11.9 Å². The summed E-state index contributed by atoms with van der Waals surface area (Å²) >= 11 is 0. The van der Waals surface area contributed by atoms with Gasteiger partial charge in [-0.3, -0.25) is 0 Å². The predicted octanol–water partition coefficient (Wildman–Crippen LogP) is 2.69. The summed E-state index contributed by atoms with van der Waals surface area (Å²) in [6.07, 6.45) is 2.80. The molecule has 1 atom stereocenters. The third-order valence-corrected chi connectivity index (χ3v) is 2.81. The van der Waals surface area contributed by atoms with E-state index >= 15 is 0 Å². The summed E-state index contributed by atoms with van der Waals surface area (Å²) in [6.45, 7) is 4.76. The summed E-state index contributed by atoms with van der Waals surface area (Å²) in [6, 6.07) is 5.31. The van der Waals surface area contributed by atoms with Gasteiger partial charge in [-0.2, -0.15) is 0 Å². The number of aryl methyl sites for hydroxylation is 1. The summed E-state index contributed by atoms with van der Waals surface area (Å²) < 4.78 is 15.7. The standard InChI is InChI=1S/C13H17FN2/c1-3-16-8-10(7-9(2)15)11-5-4-6-12(14)13(11)16/h4-6,8-9H,3,7,15H2,1-2H3. The molecular weight excluding hydrogens is 203 g/mol. The number of hydrogen-bond donors (Lipinski definition) is 1. The van der Waals surface area contributed by atoms with Gasteiger partial charge in [0, 0.05) is 24.2 Å². The Kier molecular flexibility index (Phi) is 2.97. The van der Waals surface area contributed by atoms with Gasteiger partial charge >= 0.3 is 0 Å². The van der Waals surface area contributed by atoms with Crippen molar-refractivity contribution in [3.05, 3.63) is 35.8 Å². The first-order chi connectivity index (χ1) is 7.63. The fourth-order valence-corrected chi connectivity index (χ4v) is 2.15. The highest BCUT2D eigenvalue weighted by Crippen LogP contribution is 2.24. The fourth-order valence-electron chi connectivity index (χ4n) is 2.15. The first-order valence-electron chi connectivity index (χ1n) is 5.65. The number of fused-ring (bicyclic) bond motifs is 1. The highest BCUT2D eigenvalue weighted by molar-refractivity contribution is 5.84. The van der Waals surface area contributed by atoms with Crippen molar-refractivity contribution in [3.8, 4) is 0 Å². The van der Waals surface area contributed by atoms with Crippen molar-refractivity contribution in [2.24, 2.45) is 5.73 Å². The molecule has 0 aliphatic carbocycles. The molecule has 0 radical (unpaired) electrons. The van der Waals surface area contributed by atoms with Crippen LogP contribution in [0.3, 0.4) is 0 Å². The third kappa shape index (κ3) is 1.83. The lowest BCUT2D eigenvalue weighted by Gasteiger charge is -2.02. The maximum atomic E-state index is 13.7. The van der Waals surface area contributed by atoms with Crippen molar-refractivity contribution in [1.82, 2.24) is 4.57 Å². The van der Waals surface area contributed by atoms with Gasteiger partial charge in [0.05, 0.1) is 5.52 Å². The van der Waals surface area contributed by atoms with Crippen molar-refractivity contribution in [3.63, 3.8) is 0 Å². The van der Waals surface area contributed by atoms with E-state index in [2.05, 4.69) is 0 Å². The molecule has 86 valence electrons. The Hall–Kier alpha value is -1.35. The molecule has 0 aliphatic heterocycles. The molecule has 0 aliphatic rings. The third-order valence-electron chi connectivity index (χ3n) is 2.81. The molecule has 1 unspecified atom stereocenters. The van der Waals surface area contributed by atoms with Crippen molar-refractivity contribution in [2.45, 2.75) is 32.9 Å². The smallest absolute Gasteiger partial charge is 0.147 e. The van der Waals surface area contributed by atoms with Crippen molar-refractivity contribution in [2.75, 3.05) is 0 Å². The lowest BCUT2D eigenvalue weighted by molar-refractivity contribution is 0.626. The zero-order valence-electron chi connectivity index (χ0n) is 9.70. The van der Waals surface area contributed by atoms with Gasteiger partial charge in [0.15, 0.2) is 0 Å². The molecule has 0 saturated carbocycles. The van der Waals surface area contributed by atoms with E-state index in [1.165, 1.54) is 6.07 Å². The molecule has 0 saturated heterocycles. The van der Waals surface area contributed by atoms with E-state index in [1.54, 1.807) is 6.07 Å². The number of nitrogens with two attached hydrogens (primary N) is 1. The Bertz CT molecular complexity index is 500. The van der Waals surface area contributed by atoms with E-state index in [0.29, 0.717) is 5.52 Å². The highest BCUT2D eigenvalue weighted by atomic mass is 19.1. The van der Waals surface area contributed by atoms with E-state index < -0.39 is 0 Å². The summed E-state index contributed by atoms with van der Waals surface area (Å²) in [5, 5.41) is 0.985. The molecule has 16 heavy (non-hydrogen) atoms. The number of para-hydroxylation sites is 1. The Morgan fingerprint density at radius 1 is 1.44 bits per heavy atom. The fraction of sp³-hybridized carbons (Fsp3) is 0.385. The molecule has 1 aromatic carbocycles. The molecule has 2 N–H and O–H groups in total. The number of rotatable bonds is 3. The number of benzene rings is 1. The van der Waals surface area contributed by atoms with Gasteiger partial charge in [-0.15, -0.1) is 0 Å². The number of nitrogens with zero attached hydrogens (tertiary/aromatic N) is 1. The van der Waals surface area contributed by atoms with Crippen LogP contribution in [0.2, 0.25) is 0 Å². The van der Waals surface area contributed by atoms with Gasteiger partial charge < -0.3 is 10.3 Å². The Labute approximate surface area is 94.9 Å². The van der Waals surface area contributed by atoms with E-state index in [1.807, 2.05) is 30.7 Å². The van der Waals surface area contributed by atoms with Crippen LogP contribution in [0.4, 0.5) is 4.39 Å². The molecule has 3 heteroatoms. The minimum atomic E-state index is -0.157. The van der Waals surface area contributed by atoms with Gasteiger partial charge in [-0.1, -0.05) is 12.1 Å². The van der Waals surface area contributed by atoms with Crippen LogP contribution in [0.15, 0.2) is 24.4 Å². The summed E-state index contributed by atoms with van der Waals surface area (Å²) in [5.74, 6) is -0.157. The number of halogens is 1. The van der Waals surface area contributed by atoms with Gasteiger partial charge in [-0.25, -0.2) is 4.39 Å². The SMILES string of the molecule is CCn1cc(CC(C)N)c2cccc(F)c21. The van der Waals surface area contributed by atoms with Crippen molar-refractivity contribution in [1.29, 1.82) is 0 Å². The van der Waals surface area contributed by atoms with Crippen molar-refractivity contribution >= 4 is 10.9 Å². The second kappa shape index (κ2) is 4.26. The number of aromatic nitrogens is 1. The number of hydrogen-bond acceptors (Lipinski definition) is 1. The molecule has 2 aromatic rings. The first kappa shape index (κ1) is 11.1. The Balaban J connectivity index is 2.63. The predicted molar refractivity (Wildman–Crippen MR) is 64.9 cm³/mol. The topological polar surface area (TPSA) is 30.9 Å². The lowest BCUT2D eigenvalue weighted by atomic mass is 10.1. The minimum absolute atomic E-state index is 0.0965. The monoisotopic (exact) mass is 220 g/mol. The second-order valence-corrected chi connectivity index (χ2v) is 4.26. The van der Waals surface area contributed by atoms with Gasteiger partial charge in [-0.05, 0) is 31.9 Å².